The van der Waals surface area contributed by atoms with E-state index in [2.05, 4.69) is 31.1 Å². The molecule has 0 amide bonds. The van der Waals surface area contributed by atoms with Gasteiger partial charge in [0.25, 0.3) is 0 Å². The molecule has 0 aliphatic carbocycles. The first kappa shape index (κ1) is 16.3. The molecule has 0 aliphatic heterocycles. The van der Waals surface area contributed by atoms with Crippen molar-refractivity contribution in [3.05, 3.63) is 23.3 Å². The zero-order valence-electron chi connectivity index (χ0n) is 12.7. The summed E-state index contributed by atoms with van der Waals surface area (Å²) >= 11 is 0. The number of anilines is 2. The molecule has 1 aromatic rings. The molecule has 0 heterocycles. The molecule has 0 unspecified atom stereocenters. The summed E-state index contributed by atoms with van der Waals surface area (Å²) in [5.74, 6) is -0.992. The smallest absolute Gasteiger partial charge is 0.337 e. The van der Waals surface area contributed by atoms with Gasteiger partial charge in [0.2, 0.25) is 0 Å². The number of aromatic carboxylic acids is 1. The highest BCUT2D eigenvalue weighted by Crippen LogP contribution is 2.22. The quantitative estimate of drug-likeness (QED) is 0.527. The molecule has 0 fully saturated rings. The van der Waals surface area contributed by atoms with Crippen molar-refractivity contribution >= 4 is 17.3 Å². The Bertz CT molecular complexity index is 472. The number of aryl methyl sites for hydroxylation is 1. The number of nitrogens with one attached hydrogen (secondary N) is 1. The second-order valence-electron chi connectivity index (χ2n) is 5.41. The van der Waals surface area contributed by atoms with Gasteiger partial charge in [-0.3, -0.25) is 0 Å². The molecular formula is C15H25N3O2. The molecule has 5 nitrogen and oxygen atoms in total. The van der Waals surface area contributed by atoms with E-state index >= 15 is 0 Å². The van der Waals surface area contributed by atoms with Crippen LogP contribution in [0.2, 0.25) is 0 Å². The Morgan fingerprint density at radius 3 is 2.65 bits per heavy atom. The van der Waals surface area contributed by atoms with Gasteiger partial charge in [0.15, 0.2) is 0 Å². The zero-order chi connectivity index (χ0) is 15.3. The van der Waals surface area contributed by atoms with Gasteiger partial charge in [-0.1, -0.05) is 0 Å². The zero-order valence-corrected chi connectivity index (χ0v) is 12.7. The van der Waals surface area contributed by atoms with E-state index in [0.717, 1.165) is 30.8 Å². The van der Waals surface area contributed by atoms with Crippen molar-refractivity contribution in [1.82, 2.24) is 4.90 Å². The summed E-state index contributed by atoms with van der Waals surface area (Å²) < 4.78 is 0. The summed E-state index contributed by atoms with van der Waals surface area (Å²) in [4.78, 5) is 13.4. The van der Waals surface area contributed by atoms with Crippen molar-refractivity contribution in [2.24, 2.45) is 0 Å². The molecule has 4 N–H and O–H groups in total. The van der Waals surface area contributed by atoms with E-state index in [1.54, 1.807) is 6.07 Å². The average molecular weight is 279 g/mol. The van der Waals surface area contributed by atoms with Gasteiger partial charge in [-0.05, 0) is 58.5 Å². The Morgan fingerprint density at radius 1 is 1.45 bits per heavy atom. The van der Waals surface area contributed by atoms with Gasteiger partial charge in [0.1, 0.15) is 0 Å². The molecule has 0 atom stereocenters. The summed E-state index contributed by atoms with van der Waals surface area (Å²) in [6, 6.07) is 4.01. The second-order valence-corrected chi connectivity index (χ2v) is 5.41. The van der Waals surface area contributed by atoms with Crippen LogP contribution in [0, 0.1) is 6.92 Å². The monoisotopic (exact) mass is 279 g/mol. The molecular weight excluding hydrogens is 254 g/mol. The van der Waals surface area contributed by atoms with Crippen LogP contribution in [-0.4, -0.2) is 42.2 Å². The number of carbonyl (C=O) groups is 1. The summed E-state index contributed by atoms with van der Waals surface area (Å²) in [6.07, 6.45) is 1.00. The Labute approximate surface area is 120 Å². The normalized spacial score (nSPS) is 11.1. The first-order valence-electron chi connectivity index (χ1n) is 6.90. The summed E-state index contributed by atoms with van der Waals surface area (Å²) in [5.41, 5.74) is 7.85. The maximum Gasteiger partial charge on any atom is 0.337 e. The van der Waals surface area contributed by atoms with E-state index in [1.165, 1.54) is 0 Å². The molecule has 1 aromatic carbocycles. The lowest BCUT2D eigenvalue weighted by atomic mass is 10.1. The second kappa shape index (κ2) is 7.14. The molecule has 0 saturated carbocycles. The molecule has 0 saturated heterocycles. The molecule has 112 valence electrons. The van der Waals surface area contributed by atoms with Gasteiger partial charge in [0.05, 0.1) is 5.56 Å². The van der Waals surface area contributed by atoms with E-state index < -0.39 is 5.97 Å². The fourth-order valence-electron chi connectivity index (χ4n) is 1.90. The van der Waals surface area contributed by atoms with Gasteiger partial charge in [-0.2, -0.15) is 0 Å². The minimum Gasteiger partial charge on any atom is -0.478 e. The largest absolute Gasteiger partial charge is 0.478 e. The lowest BCUT2D eigenvalue weighted by Crippen LogP contribution is -2.28. The Balaban J connectivity index is 2.59. The summed E-state index contributed by atoms with van der Waals surface area (Å²) in [7, 11) is 2.10. The van der Waals surface area contributed by atoms with Crippen LogP contribution in [0.1, 0.15) is 36.2 Å². The molecule has 5 heteroatoms. The maximum atomic E-state index is 11.1. The van der Waals surface area contributed by atoms with E-state index in [1.807, 2.05) is 13.0 Å². The van der Waals surface area contributed by atoms with Gasteiger partial charge in [0, 0.05) is 24.0 Å². The number of hydrogen-bond acceptors (Lipinski definition) is 4. The van der Waals surface area contributed by atoms with Crippen molar-refractivity contribution in [3.63, 3.8) is 0 Å². The van der Waals surface area contributed by atoms with Crippen molar-refractivity contribution in [3.8, 4) is 0 Å². The van der Waals surface area contributed by atoms with E-state index in [-0.39, 0.29) is 5.56 Å². The first-order chi connectivity index (χ1) is 9.32. The molecule has 0 aromatic heterocycles. The Morgan fingerprint density at radius 2 is 2.10 bits per heavy atom. The number of nitrogens with zero attached hydrogens (tertiary/aromatic N) is 1. The molecule has 0 radical (unpaired) electrons. The fraction of sp³-hybridized carbons (Fsp3) is 0.533. The fourth-order valence-corrected chi connectivity index (χ4v) is 1.90. The van der Waals surface area contributed by atoms with Crippen molar-refractivity contribution in [1.29, 1.82) is 0 Å². The van der Waals surface area contributed by atoms with Crippen LogP contribution >= 0.6 is 0 Å². The highest BCUT2D eigenvalue weighted by atomic mass is 16.4. The topological polar surface area (TPSA) is 78.6 Å². The molecule has 0 aliphatic rings. The SMILES string of the molecule is Cc1cc(NCCCN(C)C(C)C)cc(C(=O)O)c1N. The van der Waals surface area contributed by atoms with Crippen LogP contribution < -0.4 is 11.1 Å². The lowest BCUT2D eigenvalue weighted by molar-refractivity contribution is 0.0698. The van der Waals surface area contributed by atoms with E-state index in [0.29, 0.717) is 11.7 Å². The highest BCUT2D eigenvalue weighted by Gasteiger charge is 2.11. The Hall–Kier alpha value is -1.75. The number of benzene rings is 1. The third-order valence-electron chi connectivity index (χ3n) is 3.52. The van der Waals surface area contributed by atoms with Gasteiger partial charge in [-0.15, -0.1) is 0 Å². The van der Waals surface area contributed by atoms with Crippen molar-refractivity contribution < 1.29 is 9.90 Å². The first-order valence-corrected chi connectivity index (χ1v) is 6.90. The van der Waals surface area contributed by atoms with Crippen molar-refractivity contribution in [2.75, 3.05) is 31.2 Å². The minimum absolute atomic E-state index is 0.159. The molecule has 20 heavy (non-hydrogen) atoms. The lowest BCUT2D eigenvalue weighted by Gasteiger charge is -2.21. The van der Waals surface area contributed by atoms with Crippen LogP contribution in [0.25, 0.3) is 0 Å². The van der Waals surface area contributed by atoms with Crippen molar-refractivity contribution in [2.45, 2.75) is 33.2 Å². The third-order valence-corrected chi connectivity index (χ3v) is 3.52. The average Bonchev–Trinajstić information content (AvgIpc) is 2.37. The summed E-state index contributed by atoms with van der Waals surface area (Å²) in [6.45, 7) is 7.95. The number of rotatable bonds is 7. The van der Waals surface area contributed by atoms with E-state index in [4.69, 9.17) is 10.8 Å². The Kier molecular flexibility index (Phi) is 5.82. The number of carboxylic acid groups (broad SMARTS) is 1. The van der Waals surface area contributed by atoms with Crippen LogP contribution in [0.4, 0.5) is 11.4 Å². The minimum atomic E-state index is -0.992. The van der Waals surface area contributed by atoms with Crippen LogP contribution in [0.5, 0.6) is 0 Å². The number of nitrogens with two attached hydrogens (primary N) is 1. The molecule has 0 bridgehead atoms. The van der Waals surface area contributed by atoms with E-state index in [9.17, 15) is 4.79 Å². The van der Waals surface area contributed by atoms with Gasteiger partial charge < -0.3 is 21.1 Å². The van der Waals surface area contributed by atoms with Crippen LogP contribution in [0.15, 0.2) is 12.1 Å². The molecule has 1 rings (SSSR count). The number of nitrogen functional groups attached to an aromatic ring is 1. The highest BCUT2D eigenvalue weighted by molar-refractivity contribution is 5.95. The maximum absolute atomic E-state index is 11.1. The van der Waals surface area contributed by atoms with Gasteiger partial charge in [-0.25, -0.2) is 4.79 Å². The number of carboxylic acids is 1. The summed E-state index contributed by atoms with van der Waals surface area (Å²) in [5, 5.41) is 12.4. The number of hydrogen-bond donors (Lipinski definition) is 3. The predicted octanol–water partition coefficient (Wildman–Crippen LogP) is 2.42. The predicted molar refractivity (Wildman–Crippen MR) is 83.4 cm³/mol. The molecule has 0 spiro atoms. The standard InChI is InChI=1S/C15H25N3O2/c1-10(2)18(4)7-5-6-17-12-8-11(3)14(16)13(9-12)15(19)20/h8-10,17H,5-7,16H2,1-4H3,(H,19,20). The van der Waals surface area contributed by atoms with Crippen LogP contribution in [-0.2, 0) is 0 Å². The van der Waals surface area contributed by atoms with Crippen LogP contribution in [0.3, 0.4) is 0 Å². The third kappa shape index (κ3) is 4.42. The van der Waals surface area contributed by atoms with Gasteiger partial charge >= 0.3 is 5.97 Å².